The fourth-order valence-electron chi connectivity index (χ4n) is 12.6. The van der Waals surface area contributed by atoms with Gasteiger partial charge in [-0.3, -0.25) is 0 Å². The van der Waals surface area contributed by atoms with Crippen LogP contribution in [0.15, 0.2) is 273 Å². The van der Waals surface area contributed by atoms with Crippen molar-refractivity contribution in [2.24, 2.45) is 0 Å². The van der Waals surface area contributed by atoms with Gasteiger partial charge in [-0.2, -0.15) is 0 Å². The van der Waals surface area contributed by atoms with E-state index >= 15 is 0 Å². The summed E-state index contributed by atoms with van der Waals surface area (Å²) in [5.74, 6) is 0. The highest BCUT2D eigenvalue weighted by molar-refractivity contribution is 5.95. The van der Waals surface area contributed by atoms with Crippen molar-refractivity contribution in [3.63, 3.8) is 0 Å². The van der Waals surface area contributed by atoms with Gasteiger partial charge < -0.3 is 4.90 Å². The Bertz CT molecular complexity index is 3710. The molecule has 3 aliphatic carbocycles. The number of anilines is 3. The summed E-state index contributed by atoms with van der Waals surface area (Å²) >= 11 is 0. The van der Waals surface area contributed by atoms with Crippen LogP contribution in [0.4, 0.5) is 17.1 Å². The predicted octanol–water partition coefficient (Wildman–Crippen LogP) is 17.2. The van der Waals surface area contributed by atoms with Crippen molar-refractivity contribution in [3.05, 3.63) is 317 Å². The van der Waals surface area contributed by atoms with Crippen LogP contribution in [0.2, 0.25) is 0 Å². The van der Waals surface area contributed by atoms with E-state index in [1.165, 1.54) is 100 Å². The molecule has 0 saturated carbocycles. The van der Waals surface area contributed by atoms with Gasteiger partial charge in [0.1, 0.15) is 0 Å². The lowest BCUT2D eigenvalue weighted by Crippen LogP contribution is -2.43. The normalized spacial score (nSPS) is 13.7. The van der Waals surface area contributed by atoms with Gasteiger partial charge in [-0.1, -0.05) is 231 Å². The minimum absolute atomic E-state index is 0.477. The van der Waals surface area contributed by atoms with E-state index in [2.05, 4.69) is 278 Å². The van der Waals surface area contributed by atoms with E-state index < -0.39 is 10.8 Å². The topological polar surface area (TPSA) is 3.24 Å². The Labute approximate surface area is 403 Å². The third-order valence-electron chi connectivity index (χ3n) is 15.3. The van der Waals surface area contributed by atoms with Gasteiger partial charge in [-0.15, -0.1) is 0 Å². The highest BCUT2D eigenvalue weighted by atomic mass is 15.1. The fraction of sp³-hybridized carbons (Fsp3) is 0.0294. The zero-order chi connectivity index (χ0) is 45.5. The Morgan fingerprint density at radius 3 is 0.957 bits per heavy atom. The maximum absolute atomic E-state index is 2.47. The molecule has 0 amide bonds. The lowest BCUT2D eigenvalue weighted by molar-refractivity contribution is 0.633. The number of nitrogens with zero attached hydrogens (tertiary/aromatic N) is 1. The molecule has 14 rings (SSSR count). The number of hydrogen-bond acceptors (Lipinski definition) is 1. The van der Waals surface area contributed by atoms with Crippen LogP contribution in [-0.4, -0.2) is 0 Å². The molecule has 11 aromatic rings. The van der Waals surface area contributed by atoms with Crippen molar-refractivity contribution in [1.29, 1.82) is 0 Å². The Balaban J connectivity index is 0.994. The maximum atomic E-state index is 2.47. The van der Waals surface area contributed by atoms with E-state index in [1.807, 2.05) is 0 Å². The second-order valence-electron chi connectivity index (χ2n) is 18.7. The molecule has 0 bridgehead atoms. The van der Waals surface area contributed by atoms with E-state index in [0.29, 0.717) is 0 Å². The van der Waals surface area contributed by atoms with Gasteiger partial charge in [0.05, 0.1) is 10.8 Å². The first-order valence-corrected chi connectivity index (χ1v) is 24.1. The highest BCUT2D eigenvalue weighted by Gasteiger charge is 2.58. The zero-order valence-corrected chi connectivity index (χ0v) is 37.9. The molecular formula is C68H45N. The molecule has 0 unspecified atom stereocenters. The number of benzene rings is 11. The molecule has 0 fully saturated rings. The Hall–Kier alpha value is -8.78. The van der Waals surface area contributed by atoms with Crippen molar-refractivity contribution >= 4 is 17.1 Å². The second kappa shape index (κ2) is 15.4. The van der Waals surface area contributed by atoms with Crippen molar-refractivity contribution in [3.8, 4) is 55.6 Å². The van der Waals surface area contributed by atoms with Crippen LogP contribution >= 0.6 is 0 Å². The minimum atomic E-state index is -0.558. The molecule has 1 heteroatoms. The third kappa shape index (κ3) is 5.65. The van der Waals surface area contributed by atoms with Crippen molar-refractivity contribution < 1.29 is 0 Å². The van der Waals surface area contributed by atoms with Crippen LogP contribution in [0, 0.1) is 0 Å². The predicted molar refractivity (Wildman–Crippen MR) is 286 cm³/mol. The molecule has 69 heavy (non-hydrogen) atoms. The largest absolute Gasteiger partial charge is 0.310 e. The van der Waals surface area contributed by atoms with Crippen LogP contribution in [-0.2, 0) is 10.8 Å². The smallest absolute Gasteiger partial charge is 0.0720 e. The maximum Gasteiger partial charge on any atom is 0.0720 e. The molecule has 0 radical (unpaired) electrons. The SMILES string of the molecule is c1ccc(-c2cccc(-c3cccc(N(c4cccc(-c5ccccc5)c4)c4ccc5c(c4)-c4ccccc4C54c5ccccc5C5(c6ccccc6-c6ccccc65)c5ccccc54)c3)c2)cc1. The van der Waals surface area contributed by atoms with Gasteiger partial charge in [0.25, 0.3) is 0 Å². The summed E-state index contributed by atoms with van der Waals surface area (Å²) in [6.07, 6.45) is 0. The van der Waals surface area contributed by atoms with Gasteiger partial charge in [-0.05, 0) is 143 Å². The molecule has 2 spiro atoms. The molecule has 3 aliphatic rings. The summed E-state index contributed by atoms with van der Waals surface area (Å²) < 4.78 is 0. The van der Waals surface area contributed by atoms with Gasteiger partial charge in [0.2, 0.25) is 0 Å². The molecule has 322 valence electrons. The van der Waals surface area contributed by atoms with Gasteiger partial charge in [0, 0.05) is 17.1 Å². The summed E-state index contributed by atoms with van der Waals surface area (Å²) in [6.45, 7) is 0. The Morgan fingerprint density at radius 1 is 0.188 bits per heavy atom. The lowest BCUT2D eigenvalue weighted by atomic mass is 9.52. The Kier molecular flexibility index (Phi) is 8.78. The van der Waals surface area contributed by atoms with Crippen LogP contribution in [0.25, 0.3) is 55.6 Å². The monoisotopic (exact) mass is 875 g/mol. The molecule has 11 aromatic carbocycles. The first kappa shape index (κ1) is 39.4. The van der Waals surface area contributed by atoms with E-state index in [1.54, 1.807) is 0 Å². The quantitative estimate of drug-likeness (QED) is 0.161. The summed E-state index contributed by atoms with van der Waals surface area (Å²) in [6, 6.07) is 102. The van der Waals surface area contributed by atoms with Crippen molar-refractivity contribution in [2.75, 3.05) is 4.90 Å². The summed E-state index contributed by atoms with van der Waals surface area (Å²) in [4.78, 5) is 2.45. The first-order valence-electron chi connectivity index (χ1n) is 24.1. The molecular weight excluding hydrogens is 831 g/mol. The minimum Gasteiger partial charge on any atom is -0.310 e. The molecule has 0 saturated heterocycles. The van der Waals surface area contributed by atoms with Crippen LogP contribution in [0.1, 0.15) is 44.5 Å². The van der Waals surface area contributed by atoms with Crippen molar-refractivity contribution in [1.82, 2.24) is 0 Å². The van der Waals surface area contributed by atoms with Gasteiger partial charge in [-0.25, -0.2) is 0 Å². The standard InChI is InChI=1S/C68H45N/c1-3-20-46(21-4-1)48-24-17-25-49(42-48)51-27-19-29-53(44-51)69(52-28-18-26-50(43-52)47-22-5-2-6-23-47)54-40-41-62-58(45-54)57-32-9-12-35-61(57)68(62)65-38-15-13-36-63(65)67(64-37-14-16-39-66(64)68)59-33-10-7-30-55(59)56-31-8-11-34-60(56)67/h1-45H. The van der Waals surface area contributed by atoms with E-state index in [-0.39, 0.29) is 0 Å². The van der Waals surface area contributed by atoms with E-state index in [9.17, 15) is 0 Å². The molecule has 0 aromatic heterocycles. The lowest BCUT2D eigenvalue weighted by Gasteiger charge is -2.48. The fourth-order valence-corrected chi connectivity index (χ4v) is 12.6. The highest BCUT2D eigenvalue weighted by Crippen LogP contribution is 2.67. The summed E-state index contributed by atoms with van der Waals surface area (Å²) in [5, 5.41) is 0. The average molecular weight is 876 g/mol. The molecule has 0 atom stereocenters. The molecule has 0 aliphatic heterocycles. The molecule has 0 N–H and O–H groups in total. The van der Waals surface area contributed by atoms with Gasteiger partial charge in [0.15, 0.2) is 0 Å². The van der Waals surface area contributed by atoms with Crippen molar-refractivity contribution in [2.45, 2.75) is 10.8 Å². The summed E-state index contributed by atoms with van der Waals surface area (Å²) in [7, 11) is 0. The van der Waals surface area contributed by atoms with E-state index in [0.717, 1.165) is 17.1 Å². The number of rotatable bonds is 6. The van der Waals surface area contributed by atoms with Crippen LogP contribution < -0.4 is 4.90 Å². The third-order valence-corrected chi connectivity index (χ3v) is 15.3. The van der Waals surface area contributed by atoms with Gasteiger partial charge >= 0.3 is 0 Å². The molecule has 1 nitrogen and oxygen atoms in total. The van der Waals surface area contributed by atoms with Crippen LogP contribution in [0.3, 0.4) is 0 Å². The summed E-state index contributed by atoms with van der Waals surface area (Å²) in [5.41, 5.74) is 25.3. The van der Waals surface area contributed by atoms with Crippen LogP contribution in [0.5, 0.6) is 0 Å². The Morgan fingerprint density at radius 2 is 0.493 bits per heavy atom. The number of hydrogen-bond donors (Lipinski definition) is 0. The van der Waals surface area contributed by atoms with E-state index in [4.69, 9.17) is 0 Å². The average Bonchev–Trinajstić information content (AvgIpc) is 3.89. The molecule has 0 heterocycles. The first-order chi connectivity index (χ1) is 34.2. The zero-order valence-electron chi connectivity index (χ0n) is 37.9. The number of fused-ring (bicyclic) bond motifs is 16. The second-order valence-corrected chi connectivity index (χ2v) is 18.7.